The van der Waals surface area contributed by atoms with Gasteiger partial charge in [-0.3, -0.25) is 0 Å². The highest BCUT2D eigenvalue weighted by Gasteiger charge is 2.15. The van der Waals surface area contributed by atoms with Crippen LogP contribution in [-0.4, -0.2) is 42.5 Å². The minimum absolute atomic E-state index is 0.623. The molecule has 1 saturated heterocycles. The second-order valence-corrected chi connectivity index (χ2v) is 5.38. The molecule has 2 heterocycles. The summed E-state index contributed by atoms with van der Waals surface area (Å²) in [5.41, 5.74) is 1.07. The van der Waals surface area contributed by atoms with E-state index >= 15 is 0 Å². The molecule has 7 heteroatoms. The zero-order chi connectivity index (χ0) is 16.1. The highest BCUT2D eigenvalue weighted by molar-refractivity contribution is 5.45. The molecule has 0 amide bonds. The van der Waals surface area contributed by atoms with Crippen LogP contribution in [0, 0.1) is 0 Å². The normalized spacial score (nSPS) is 13.9. The molecular weight excluding hydrogens is 294 g/mol. The van der Waals surface area contributed by atoms with E-state index in [1.165, 1.54) is 12.8 Å². The average Bonchev–Trinajstić information content (AvgIpc) is 3.14. The van der Waals surface area contributed by atoms with E-state index in [0.717, 1.165) is 30.2 Å². The Bertz CT molecular complexity index is 659. The third-order valence-corrected chi connectivity index (χ3v) is 3.86. The van der Waals surface area contributed by atoms with E-state index in [-0.39, 0.29) is 0 Å². The van der Waals surface area contributed by atoms with Crippen LogP contribution in [0.25, 0.3) is 0 Å². The van der Waals surface area contributed by atoms with Gasteiger partial charge in [0.2, 0.25) is 5.95 Å². The summed E-state index contributed by atoms with van der Waals surface area (Å²) in [5.74, 6) is 2.85. The predicted molar refractivity (Wildman–Crippen MR) is 88.1 cm³/mol. The van der Waals surface area contributed by atoms with Crippen LogP contribution in [0.3, 0.4) is 0 Å². The van der Waals surface area contributed by atoms with Crippen LogP contribution >= 0.6 is 0 Å². The lowest BCUT2D eigenvalue weighted by atomic mass is 10.2. The van der Waals surface area contributed by atoms with E-state index in [1.807, 2.05) is 18.2 Å². The number of nitrogens with zero attached hydrogens (tertiary/aromatic N) is 4. The van der Waals surface area contributed by atoms with Gasteiger partial charge < -0.3 is 19.7 Å². The monoisotopic (exact) mass is 315 g/mol. The summed E-state index contributed by atoms with van der Waals surface area (Å²) in [7, 11) is 3.26. The third kappa shape index (κ3) is 3.61. The van der Waals surface area contributed by atoms with Gasteiger partial charge in [0, 0.05) is 19.6 Å². The molecule has 1 aromatic carbocycles. The standard InChI is InChI=1S/C16H21N5O2/c1-22-13-6-5-12(9-14(13)23-2)10-17-15-11-18-20-16(19-15)21-7-3-4-8-21/h5-6,9,11H,3-4,7-8,10H2,1-2H3,(H,17,19,20). The first-order valence-electron chi connectivity index (χ1n) is 7.69. The van der Waals surface area contributed by atoms with Crippen LogP contribution in [0.5, 0.6) is 11.5 Å². The Morgan fingerprint density at radius 3 is 2.65 bits per heavy atom. The predicted octanol–water partition coefficient (Wildman–Crippen LogP) is 2.10. The van der Waals surface area contributed by atoms with Crippen molar-refractivity contribution in [2.45, 2.75) is 19.4 Å². The number of ether oxygens (including phenoxy) is 2. The molecule has 0 aliphatic carbocycles. The smallest absolute Gasteiger partial charge is 0.247 e. The average molecular weight is 315 g/mol. The number of rotatable bonds is 6. The molecule has 23 heavy (non-hydrogen) atoms. The van der Waals surface area contributed by atoms with Crippen molar-refractivity contribution >= 4 is 11.8 Å². The van der Waals surface area contributed by atoms with Gasteiger partial charge in [0.25, 0.3) is 0 Å². The van der Waals surface area contributed by atoms with Gasteiger partial charge in [-0.05, 0) is 30.5 Å². The summed E-state index contributed by atoms with van der Waals surface area (Å²) in [4.78, 5) is 6.69. The van der Waals surface area contributed by atoms with E-state index in [0.29, 0.717) is 18.2 Å². The zero-order valence-corrected chi connectivity index (χ0v) is 13.5. The number of benzene rings is 1. The molecule has 1 N–H and O–H groups in total. The van der Waals surface area contributed by atoms with E-state index < -0.39 is 0 Å². The van der Waals surface area contributed by atoms with Gasteiger partial charge >= 0.3 is 0 Å². The van der Waals surface area contributed by atoms with Gasteiger partial charge in [0.1, 0.15) is 0 Å². The van der Waals surface area contributed by atoms with Crippen molar-refractivity contribution in [2.24, 2.45) is 0 Å². The molecule has 0 spiro atoms. The van der Waals surface area contributed by atoms with Crippen molar-refractivity contribution in [3.63, 3.8) is 0 Å². The maximum Gasteiger partial charge on any atom is 0.247 e. The Balaban J connectivity index is 1.67. The maximum atomic E-state index is 5.32. The molecule has 1 aliphatic heterocycles. The fraction of sp³-hybridized carbons (Fsp3) is 0.438. The lowest BCUT2D eigenvalue weighted by Gasteiger charge is -2.15. The Morgan fingerprint density at radius 1 is 1.13 bits per heavy atom. The van der Waals surface area contributed by atoms with Crippen molar-refractivity contribution in [3.05, 3.63) is 30.0 Å². The first-order chi connectivity index (χ1) is 11.3. The number of nitrogens with one attached hydrogen (secondary N) is 1. The molecule has 0 atom stereocenters. The lowest BCUT2D eigenvalue weighted by molar-refractivity contribution is 0.354. The van der Waals surface area contributed by atoms with Crippen LogP contribution in [0.2, 0.25) is 0 Å². The molecule has 3 rings (SSSR count). The lowest BCUT2D eigenvalue weighted by Crippen LogP contribution is -2.21. The highest BCUT2D eigenvalue weighted by atomic mass is 16.5. The quantitative estimate of drug-likeness (QED) is 0.875. The van der Waals surface area contributed by atoms with Crippen LogP contribution in [0.1, 0.15) is 18.4 Å². The summed E-state index contributed by atoms with van der Waals surface area (Å²) in [6.45, 7) is 2.63. The minimum Gasteiger partial charge on any atom is -0.493 e. The SMILES string of the molecule is COc1ccc(CNc2cnnc(N3CCCC3)n2)cc1OC. The van der Waals surface area contributed by atoms with Gasteiger partial charge in [0.05, 0.1) is 20.4 Å². The fourth-order valence-corrected chi connectivity index (χ4v) is 2.61. The van der Waals surface area contributed by atoms with Crippen LogP contribution in [-0.2, 0) is 6.54 Å². The first-order valence-corrected chi connectivity index (χ1v) is 7.69. The third-order valence-electron chi connectivity index (χ3n) is 3.86. The topological polar surface area (TPSA) is 72.4 Å². The second kappa shape index (κ2) is 7.13. The van der Waals surface area contributed by atoms with Crippen LogP contribution < -0.4 is 19.7 Å². The number of anilines is 2. The molecule has 1 aromatic heterocycles. The summed E-state index contributed by atoms with van der Waals surface area (Å²) in [6, 6.07) is 5.83. The Labute approximate surface area is 135 Å². The highest BCUT2D eigenvalue weighted by Crippen LogP contribution is 2.27. The van der Waals surface area contributed by atoms with Gasteiger partial charge in [-0.2, -0.15) is 10.1 Å². The van der Waals surface area contributed by atoms with Crippen molar-refractivity contribution in [3.8, 4) is 11.5 Å². The molecule has 0 bridgehead atoms. The summed E-state index contributed by atoms with van der Waals surface area (Å²) in [6.07, 6.45) is 4.01. The Morgan fingerprint density at radius 2 is 1.91 bits per heavy atom. The van der Waals surface area contributed by atoms with Crippen molar-refractivity contribution < 1.29 is 9.47 Å². The molecule has 0 radical (unpaired) electrons. The van der Waals surface area contributed by atoms with Crippen molar-refractivity contribution in [2.75, 3.05) is 37.5 Å². The van der Waals surface area contributed by atoms with Crippen LogP contribution in [0.4, 0.5) is 11.8 Å². The number of hydrogen-bond acceptors (Lipinski definition) is 7. The fourth-order valence-electron chi connectivity index (χ4n) is 2.61. The van der Waals surface area contributed by atoms with Gasteiger partial charge in [-0.1, -0.05) is 6.07 Å². The van der Waals surface area contributed by atoms with Crippen molar-refractivity contribution in [1.29, 1.82) is 0 Å². The molecule has 1 aliphatic rings. The summed E-state index contributed by atoms with van der Waals surface area (Å²) < 4.78 is 10.6. The van der Waals surface area contributed by atoms with E-state index in [2.05, 4.69) is 25.4 Å². The van der Waals surface area contributed by atoms with Gasteiger partial charge in [0.15, 0.2) is 17.3 Å². The maximum absolute atomic E-state index is 5.32. The number of methoxy groups -OCH3 is 2. The number of hydrogen-bond donors (Lipinski definition) is 1. The Kier molecular flexibility index (Phi) is 4.75. The largest absolute Gasteiger partial charge is 0.493 e. The molecular formula is C16H21N5O2. The molecule has 2 aromatic rings. The molecule has 1 fully saturated rings. The molecule has 0 unspecified atom stereocenters. The molecule has 0 saturated carbocycles. The Hall–Kier alpha value is -2.57. The molecule has 122 valence electrons. The van der Waals surface area contributed by atoms with Gasteiger partial charge in [-0.15, -0.1) is 5.10 Å². The molecule has 7 nitrogen and oxygen atoms in total. The van der Waals surface area contributed by atoms with Crippen molar-refractivity contribution in [1.82, 2.24) is 15.2 Å². The van der Waals surface area contributed by atoms with E-state index in [9.17, 15) is 0 Å². The summed E-state index contributed by atoms with van der Waals surface area (Å²) in [5, 5.41) is 11.4. The second-order valence-electron chi connectivity index (χ2n) is 5.38. The minimum atomic E-state index is 0.623. The number of aromatic nitrogens is 3. The van der Waals surface area contributed by atoms with E-state index in [4.69, 9.17) is 9.47 Å². The summed E-state index contributed by atoms with van der Waals surface area (Å²) >= 11 is 0. The zero-order valence-electron chi connectivity index (χ0n) is 13.5. The van der Waals surface area contributed by atoms with E-state index in [1.54, 1.807) is 20.4 Å². The van der Waals surface area contributed by atoms with Gasteiger partial charge in [-0.25, -0.2) is 0 Å². The first kappa shape index (κ1) is 15.3. The van der Waals surface area contributed by atoms with Crippen LogP contribution in [0.15, 0.2) is 24.4 Å².